The first-order chi connectivity index (χ1) is 10.2. The molecule has 1 aromatic carbocycles. The third-order valence-corrected chi connectivity index (χ3v) is 3.04. The lowest BCUT2D eigenvalue weighted by molar-refractivity contribution is -0.121. The average Bonchev–Trinajstić information content (AvgIpc) is 2.95. The van der Waals surface area contributed by atoms with Gasteiger partial charge in [-0.05, 0) is 19.5 Å². The third-order valence-electron chi connectivity index (χ3n) is 3.04. The van der Waals surface area contributed by atoms with E-state index in [-0.39, 0.29) is 11.9 Å². The molecule has 0 aliphatic rings. The first kappa shape index (κ1) is 15.2. The van der Waals surface area contributed by atoms with Gasteiger partial charge in [-0.2, -0.15) is 4.98 Å². The smallest absolute Gasteiger partial charge is 0.248 e. The molecule has 1 aromatic heterocycles. The van der Waals surface area contributed by atoms with E-state index in [0.29, 0.717) is 31.1 Å². The number of hydrogen-bond donors (Lipinski definition) is 2. The quantitative estimate of drug-likeness (QED) is 0.806. The van der Waals surface area contributed by atoms with Crippen LogP contribution in [0, 0.1) is 0 Å². The van der Waals surface area contributed by atoms with Crippen molar-refractivity contribution >= 4 is 5.91 Å². The highest BCUT2D eigenvalue weighted by Gasteiger charge is 2.16. The third kappa shape index (κ3) is 4.68. The Hall–Kier alpha value is -2.21. The summed E-state index contributed by atoms with van der Waals surface area (Å²) in [5.41, 5.74) is 1.12. The maximum absolute atomic E-state index is 11.6. The Morgan fingerprint density at radius 2 is 2.10 bits per heavy atom. The molecule has 0 aliphatic heterocycles. The Labute approximate surface area is 123 Å². The fourth-order valence-corrected chi connectivity index (χ4v) is 1.91. The van der Waals surface area contributed by atoms with Gasteiger partial charge in [-0.25, -0.2) is 0 Å². The molecule has 2 aromatic rings. The summed E-state index contributed by atoms with van der Waals surface area (Å²) in [4.78, 5) is 16.0. The summed E-state index contributed by atoms with van der Waals surface area (Å²) in [5, 5.41) is 9.72. The summed E-state index contributed by atoms with van der Waals surface area (Å²) < 4.78 is 5.21. The van der Waals surface area contributed by atoms with E-state index < -0.39 is 0 Å². The largest absolute Gasteiger partial charge is 0.345 e. The maximum atomic E-state index is 11.6. The van der Waals surface area contributed by atoms with Crippen LogP contribution in [0.25, 0.3) is 0 Å². The van der Waals surface area contributed by atoms with E-state index >= 15 is 0 Å². The van der Waals surface area contributed by atoms with Crippen LogP contribution in [0.3, 0.4) is 0 Å². The molecule has 21 heavy (non-hydrogen) atoms. The van der Waals surface area contributed by atoms with Crippen LogP contribution < -0.4 is 10.6 Å². The fraction of sp³-hybridized carbons (Fsp3) is 0.400. The molecule has 0 radical (unpaired) electrons. The van der Waals surface area contributed by atoms with Gasteiger partial charge in [0.2, 0.25) is 11.8 Å². The van der Waals surface area contributed by atoms with Crippen molar-refractivity contribution in [2.24, 2.45) is 0 Å². The molecule has 0 saturated heterocycles. The summed E-state index contributed by atoms with van der Waals surface area (Å²) in [5.74, 6) is 1.01. The van der Waals surface area contributed by atoms with Crippen LogP contribution in [0.15, 0.2) is 34.9 Å². The van der Waals surface area contributed by atoms with Crippen LogP contribution in [0.5, 0.6) is 0 Å². The number of rotatable bonds is 7. The monoisotopic (exact) mass is 288 g/mol. The van der Waals surface area contributed by atoms with Crippen LogP contribution in [0.1, 0.15) is 36.7 Å². The minimum atomic E-state index is -0.286. The van der Waals surface area contributed by atoms with Crippen molar-refractivity contribution in [1.82, 2.24) is 20.8 Å². The standard InChI is InChI=1S/C15H20N4O2/c1-11(17-14(20)8-9-16-2)15-18-13(19-21-15)10-12-6-4-3-5-7-12/h3-7,11,16H,8-10H2,1-2H3,(H,17,20). The molecule has 1 unspecified atom stereocenters. The van der Waals surface area contributed by atoms with E-state index in [9.17, 15) is 4.79 Å². The van der Waals surface area contributed by atoms with E-state index in [0.717, 1.165) is 5.56 Å². The van der Waals surface area contributed by atoms with Gasteiger partial charge in [0.1, 0.15) is 6.04 Å². The second-order valence-electron chi connectivity index (χ2n) is 4.85. The molecule has 1 atom stereocenters. The van der Waals surface area contributed by atoms with Gasteiger partial charge in [-0.3, -0.25) is 4.79 Å². The number of nitrogens with zero attached hydrogens (tertiary/aromatic N) is 2. The maximum Gasteiger partial charge on any atom is 0.248 e. The van der Waals surface area contributed by atoms with E-state index in [2.05, 4.69) is 20.8 Å². The molecular formula is C15H20N4O2. The van der Waals surface area contributed by atoms with Crippen molar-refractivity contribution in [3.63, 3.8) is 0 Å². The molecule has 2 N–H and O–H groups in total. The first-order valence-electron chi connectivity index (χ1n) is 6.99. The molecule has 0 saturated carbocycles. The summed E-state index contributed by atoms with van der Waals surface area (Å²) >= 11 is 0. The van der Waals surface area contributed by atoms with Crippen LogP contribution >= 0.6 is 0 Å². The fourth-order valence-electron chi connectivity index (χ4n) is 1.91. The SMILES string of the molecule is CNCCC(=O)NC(C)c1nc(Cc2ccccc2)no1. The number of nitrogens with one attached hydrogen (secondary N) is 2. The highest BCUT2D eigenvalue weighted by Crippen LogP contribution is 2.12. The topological polar surface area (TPSA) is 80.0 Å². The number of carbonyl (C=O) groups is 1. The molecule has 6 heteroatoms. The Kier molecular flexibility index (Phi) is 5.45. The second-order valence-corrected chi connectivity index (χ2v) is 4.85. The Balaban J connectivity index is 1.91. The van der Waals surface area contributed by atoms with Crippen molar-refractivity contribution in [2.45, 2.75) is 25.8 Å². The molecule has 112 valence electrons. The van der Waals surface area contributed by atoms with Crippen LogP contribution in [-0.4, -0.2) is 29.6 Å². The minimum absolute atomic E-state index is 0.0420. The van der Waals surface area contributed by atoms with Crippen LogP contribution in [-0.2, 0) is 11.2 Å². The molecule has 0 aliphatic carbocycles. The summed E-state index contributed by atoms with van der Waals surface area (Å²) in [6.45, 7) is 2.47. The van der Waals surface area contributed by atoms with Crippen LogP contribution in [0.4, 0.5) is 0 Å². The minimum Gasteiger partial charge on any atom is -0.345 e. The summed E-state index contributed by atoms with van der Waals surface area (Å²) in [6, 6.07) is 9.65. The van der Waals surface area contributed by atoms with E-state index in [1.807, 2.05) is 44.3 Å². The predicted octanol–water partition coefficient (Wildman–Crippen LogP) is 1.45. The van der Waals surface area contributed by atoms with E-state index in [1.165, 1.54) is 0 Å². The number of aromatic nitrogens is 2. The van der Waals surface area contributed by atoms with Gasteiger partial charge in [0, 0.05) is 19.4 Å². The van der Waals surface area contributed by atoms with Gasteiger partial charge in [-0.1, -0.05) is 35.5 Å². The molecule has 2 rings (SSSR count). The van der Waals surface area contributed by atoms with Gasteiger partial charge in [0.25, 0.3) is 0 Å². The van der Waals surface area contributed by atoms with E-state index in [4.69, 9.17) is 4.52 Å². The van der Waals surface area contributed by atoms with Gasteiger partial charge in [-0.15, -0.1) is 0 Å². The average molecular weight is 288 g/mol. The number of benzene rings is 1. The summed E-state index contributed by atoms with van der Waals surface area (Å²) in [6.07, 6.45) is 1.04. The van der Waals surface area contributed by atoms with Gasteiger partial charge < -0.3 is 15.2 Å². The normalized spacial score (nSPS) is 12.1. The van der Waals surface area contributed by atoms with Crippen molar-refractivity contribution in [3.8, 4) is 0 Å². The Bertz CT molecular complexity index is 568. The lowest BCUT2D eigenvalue weighted by Crippen LogP contribution is -2.29. The van der Waals surface area contributed by atoms with E-state index in [1.54, 1.807) is 0 Å². The highest BCUT2D eigenvalue weighted by molar-refractivity contribution is 5.76. The lowest BCUT2D eigenvalue weighted by atomic mass is 10.1. The number of hydrogen-bond acceptors (Lipinski definition) is 5. The number of amides is 1. The molecule has 0 spiro atoms. The van der Waals surface area contributed by atoms with Crippen molar-refractivity contribution < 1.29 is 9.32 Å². The molecule has 0 fully saturated rings. The zero-order valence-electron chi connectivity index (χ0n) is 12.3. The van der Waals surface area contributed by atoms with Crippen molar-refractivity contribution in [2.75, 3.05) is 13.6 Å². The van der Waals surface area contributed by atoms with Crippen molar-refractivity contribution in [1.29, 1.82) is 0 Å². The zero-order chi connectivity index (χ0) is 15.1. The van der Waals surface area contributed by atoms with Gasteiger partial charge in [0.05, 0.1) is 0 Å². The first-order valence-corrected chi connectivity index (χ1v) is 6.99. The zero-order valence-corrected chi connectivity index (χ0v) is 12.3. The highest BCUT2D eigenvalue weighted by atomic mass is 16.5. The molecule has 1 amide bonds. The Morgan fingerprint density at radius 1 is 1.33 bits per heavy atom. The lowest BCUT2D eigenvalue weighted by Gasteiger charge is -2.09. The number of carbonyl (C=O) groups excluding carboxylic acids is 1. The molecule has 1 heterocycles. The van der Waals surface area contributed by atoms with Crippen molar-refractivity contribution in [3.05, 3.63) is 47.6 Å². The Morgan fingerprint density at radius 3 is 2.81 bits per heavy atom. The van der Waals surface area contributed by atoms with Gasteiger partial charge in [0.15, 0.2) is 5.82 Å². The molecule has 0 bridgehead atoms. The molecular weight excluding hydrogens is 268 g/mol. The second kappa shape index (κ2) is 7.54. The predicted molar refractivity (Wildman–Crippen MR) is 78.6 cm³/mol. The van der Waals surface area contributed by atoms with Crippen LogP contribution in [0.2, 0.25) is 0 Å². The van der Waals surface area contributed by atoms with Gasteiger partial charge >= 0.3 is 0 Å². The summed E-state index contributed by atoms with van der Waals surface area (Å²) in [7, 11) is 1.81. The molecule has 6 nitrogen and oxygen atoms in total.